The zero-order valence-electron chi connectivity index (χ0n) is 13.4. The minimum absolute atomic E-state index is 0.0130. The number of nitrogens with zero attached hydrogens (tertiary/aromatic N) is 3. The van der Waals surface area contributed by atoms with Crippen LogP contribution < -0.4 is 5.32 Å². The summed E-state index contributed by atoms with van der Waals surface area (Å²) in [5, 5.41) is 6.67. The maximum atomic E-state index is 12.3. The first-order valence-electron chi connectivity index (χ1n) is 7.97. The third kappa shape index (κ3) is 4.18. The van der Waals surface area contributed by atoms with Gasteiger partial charge in [0, 0.05) is 56.4 Å². The second-order valence-electron chi connectivity index (χ2n) is 5.62. The van der Waals surface area contributed by atoms with Crippen LogP contribution in [0.3, 0.4) is 0 Å². The summed E-state index contributed by atoms with van der Waals surface area (Å²) in [6.07, 6.45) is 1.64. The lowest BCUT2D eigenvalue weighted by Gasteiger charge is -2.34. The SMILES string of the molecule is O=C(NCCN1CCN(C(=O)c2ccccn2)CC1)c1ccsc1. The van der Waals surface area contributed by atoms with Crippen molar-refractivity contribution in [2.24, 2.45) is 0 Å². The summed E-state index contributed by atoms with van der Waals surface area (Å²) in [5.41, 5.74) is 1.21. The number of amides is 2. The third-order valence-corrected chi connectivity index (χ3v) is 4.72. The van der Waals surface area contributed by atoms with E-state index in [4.69, 9.17) is 0 Å². The Morgan fingerprint density at radius 1 is 1.17 bits per heavy atom. The van der Waals surface area contributed by atoms with Gasteiger partial charge in [0.15, 0.2) is 0 Å². The van der Waals surface area contributed by atoms with Crippen molar-refractivity contribution < 1.29 is 9.59 Å². The molecule has 3 rings (SSSR count). The van der Waals surface area contributed by atoms with Crippen molar-refractivity contribution in [3.8, 4) is 0 Å². The number of piperazine rings is 1. The smallest absolute Gasteiger partial charge is 0.272 e. The van der Waals surface area contributed by atoms with E-state index in [0.29, 0.717) is 30.9 Å². The highest BCUT2D eigenvalue weighted by Crippen LogP contribution is 2.07. The van der Waals surface area contributed by atoms with E-state index in [1.807, 2.05) is 27.8 Å². The first-order valence-corrected chi connectivity index (χ1v) is 8.91. The summed E-state index contributed by atoms with van der Waals surface area (Å²) in [6.45, 7) is 4.41. The lowest BCUT2D eigenvalue weighted by molar-refractivity contribution is 0.0632. The van der Waals surface area contributed by atoms with Gasteiger partial charge in [-0.15, -0.1) is 0 Å². The van der Waals surface area contributed by atoms with E-state index in [-0.39, 0.29) is 11.8 Å². The van der Waals surface area contributed by atoms with E-state index < -0.39 is 0 Å². The summed E-state index contributed by atoms with van der Waals surface area (Å²) in [7, 11) is 0. The number of thiophene rings is 1. The molecule has 24 heavy (non-hydrogen) atoms. The van der Waals surface area contributed by atoms with Crippen LogP contribution in [-0.4, -0.2) is 65.9 Å². The Balaban J connectivity index is 1.39. The van der Waals surface area contributed by atoms with Crippen molar-refractivity contribution in [2.75, 3.05) is 39.3 Å². The molecule has 1 aliphatic rings. The predicted molar refractivity (Wildman–Crippen MR) is 93.2 cm³/mol. The van der Waals surface area contributed by atoms with Gasteiger partial charge in [-0.3, -0.25) is 19.5 Å². The molecule has 2 aromatic heterocycles. The van der Waals surface area contributed by atoms with Gasteiger partial charge >= 0.3 is 0 Å². The first-order chi connectivity index (χ1) is 11.7. The summed E-state index contributed by atoms with van der Waals surface area (Å²) in [5.74, 6) is -0.0405. The maximum Gasteiger partial charge on any atom is 0.272 e. The van der Waals surface area contributed by atoms with Gasteiger partial charge in [-0.2, -0.15) is 11.3 Å². The second-order valence-corrected chi connectivity index (χ2v) is 6.40. The minimum atomic E-state index is -0.0276. The van der Waals surface area contributed by atoms with Crippen LogP contribution in [-0.2, 0) is 0 Å². The number of rotatable bonds is 5. The van der Waals surface area contributed by atoms with E-state index in [1.54, 1.807) is 18.3 Å². The molecule has 0 atom stereocenters. The number of hydrogen-bond donors (Lipinski definition) is 1. The van der Waals surface area contributed by atoms with Gasteiger partial charge in [0.05, 0.1) is 0 Å². The van der Waals surface area contributed by atoms with Crippen LogP contribution >= 0.6 is 11.3 Å². The van der Waals surface area contributed by atoms with Gasteiger partial charge in [-0.05, 0) is 23.6 Å². The summed E-state index contributed by atoms with van der Waals surface area (Å²) >= 11 is 1.52. The van der Waals surface area contributed by atoms with Crippen LogP contribution in [0.15, 0.2) is 41.2 Å². The van der Waals surface area contributed by atoms with Crippen LogP contribution in [0.1, 0.15) is 20.8 Å². The van der Waals surface area contributed by atoms with Crippen LogP contribution in [0.5, 0.6) is 0 Å². The van der Waals surface area contributed by atoms with Gasteiger partial charge in [0.1, 0.15) is 5.69 Å². The van der Waals surface area contributed by atoms with Gasteiger partial charge in [-0.1, -0.05) is 6.07 Å². The fraction of sp³-hybridized carbons (Fsp3) is 0.353. The standard InChI is InChI=1S/C17H20N4O2S/c22-16(14-4-12-24-13-14)19-6-7-20-8-10-21(11-9-20)17(23)15-3-1-2-5-18-15/h1-5,12-13H,6-11H2,(H,19,22). The lowest BCUT2D eigenvalue weighted by atomic mass is 10.2. The van der Waals surface area contributed by atoms with E-state index >= 15 is 0 Å². The molecule has 0 spiro atoms. The average Bonchev–Trinajstić information content (AvgIpc) is 3.17. The minimum Gasteiger partial charge on any atom is -0.351 e. The molecule has 0 unspecified atom stereocenters. The third-order valence-electron chi connectivity index (χ3n) is 4.04. The molecule has 6 nitrogen and oxygen atoms in total. The van der Waals surface area contributed by atoms with E-state index in [1.165, 1.54) is 11.3 Å². The molecule has 126 valence electrons. The van der Waals surface area contributed by atoms with Crippen molar-refractivity contribution in [1.29, 1.82) is 0 Å². The number of carbonyl (C=O) groups is 2. The number of carbonyl (C=O) groups excluding carboxylic acids is 2. The molecular formula is C17H20N4O2S. The molecule has 1 aliphatic heterocycles. The van der Waals surface area contributed by atoms with E-state index in [0.717, 1.165) is 19.6 Å². The summed E-state index contributed by atoms with van der Waals surface area (Å²) < 4.78 is 0. The van der Waals surface area contributed by atoms with Gasteiger partial charge < -0.3 is 10.2 Å². The molecule has 3 heterocycles. The fourth-order valence-corrected chi connectivity index (χ4v) is 3.29. The molecule has 1 N–H and O–H groups in total. The topological polar surface area (TPSA) is 65.5 Å². The van der Waals surface area contributed by atoms with Crippen LogP contribution in [0.4, 0.5) is 0 Å². The first kappa shape index (κ1) is 16.6. The lowest BCUT2D eigenvalue weighted by Crippen LogP contribution is -2.50. The van der Waals surface area contributed by atoms with E-state index in [9.17, 15) is 9.59 Å². The number of aromatic nitrogens is 1. The highest BCUT2D eigenvalue weighted by molar-refractivity contribution is 7.08. The monoisotopic (exact) mass is 344 g/mol. The molecule has 0 radical (unpaired) electrons. The zero-order valence-corrected chi connectivity index (χ0v) is 14.2. The molecule has 1 saturated heterocycles. The quantitative estimate of drug-likeness (QED) is 0.889. The Morgan fingerprint density at radius 2 is 2.00 bits per heavy atom. The zero-order chi connectivity index (χ0) is 16.8. The van der Waals surface area contributed by atoms with Crippen LogP contribution in [0.2, 0.25) is 0 Å². The predicted octanol–water partition coefficient (Wildman–Crippen LogP) is 1.33. The van der Waals surface area contributed by atoms with Crippen molar-refractivity contribution in [1.82, 2.24) is 20.1 Å². The van der Waals surface area contributed by atoms with Crippen molar-refractivity contribution in [2.45, 2.75) is 0 Å². The highest BCUT2D eigenvalue weighted by Gasteiger charge is 2.22. The fourth-order valence-electron chi connectivity index (χ4n) is 2.65. The molecular weight excluding hydrogens is 324 g/mol. The maximum absolute atomic E-state index is 12.3. The average molecular weight is 344 g/mol. The second kappa shape index (κ2) is 8.03. The molecule has 0 saturated carbocycles. The molecule has 0 bridgehead atoms. The summed E-state index contributed by atoms with van der Waals surface area (Å²) in [4.78, 5) is 32.4. The molecule has 7 heteroatoms. The Morgan fingerprint density at radius 3 is 2.67 bits per heavy atom. The van der Waals surface area contributed by atoms with Crippen LogP contribution in [0, 0.1) is 0 Å². The molecule has 2 amide bonds. The highest BCUT2D eigenvalue weighted by atomic mass is 32.1. The van der Waals surface area contributed by atoms with Gasteiger partial charge in [0.2, 0.25) is 0 Å². The number of nitrogens with one attached hydrogen (secondary N) is 1. The Labute approximate surface area is 145 Å². The normalized spacial score (nSPS) is 15.2. The Kier molecular flexibility index (Phi) is 5.55. The van der Waals surface area contributed by atoms with Crippen molar-refractivity contribution >= 4 is 23.2 Å². The Hall–Kier alpha value is -2.25. The molecule has 1 fully saturated rings. The molecule has 2 aromatic rings. The van der Waals surface area contributed by atoms with Gasteiger partial charge in [-0.25, -0.2) is 0 Å². The van der Waals surface area contributed by atoms with Gasteiger partial charge in [0.25, 0.3) is 11.8 Å². The largest absolute Gasteiger partial charge is 0.351 e. The van der Waals surface area contributed by atoms with Crippen LogP contribution in [0.25, 0.3) is 0 Å². The number of hydrogen-bond acceptors (Lipinski definition) is 5. The van der Waals surface area contributed by atoms with Crippen molar-refractivity contribution in [3.05, 3.63) is 52.5 Å². The Bertz CT molecular complexity index is 667. The van der Waals surface area contributed by atoms with Crippen molar-refractivity contribution in [3.63, 3.8) is 0 Å². The summed E-state index contributed by atoms with van der Waals surface area (Å²) in [6, 6.07) is 7.20. The molecule has 0 aliphatic carbocycles. The number of pyridine rings is 1. The molecule has 0 aromatic carbocycles. The van der Waals surface area contributed by atoms with E-state index in [2.05, 4.69) is 15.2 Å².